The molecule has 0 amide bonds. The van der Waals surface area contributed by atoms with Gasteiger partial charge in [0.2, 0.25) is 0 Å². The lowest BCUT2D eigenvalue weighted by molar-refractivity contribution is -0.167. The second-order valence-electron chi connectivity index (χ2n) is 21.3. The van der Waals surface area contributed by atoms with Crippen LogP contribution in [0.25, 0.3) is 0 Å². The highest BCUT2D eigenvalue weighted by atomic mass is 16.6. The maximum absolute atomic E-state index is 12.8. The summed E-state index contributed by atoms with van der Waals surface area (Å²) in [5.41, 5.74) is 0. The molecule has 75 heavy (non-hydrogen) atoms. The highest BCUT2D eigenvalue weighted by Gasteiger charge is 2.19. The first-order chi connectivity index (χ1) is 37.0. The van der Waals surface area contributed by atoms with E-state index in [1.165, 1.54) is 167 Å². The Labute approximate surface area is 465 Å². The maximum atomic E-state index is 12.8. The Morgan fingerprint density at radius 1 is 0.280 bits per heavy atom. The second kappa shape index (κ2) is 63.1. The molecule has 0 aromatic heterocycles. The maximum Gasteiger partial charge on any atom is 0.306 e. The summed E-state index contributed by atoms with van der Waals surface area (Å²) in [6.07, 6.45) is 83.2. The summed E-state index contributed by atoms with van der Waals surface area (Å²) in [6, 6.07) is 0. The van der Waals surface area contributed by atoms with E-state index in [9.17, 15) is 14.4 Å². The van der Waals surface area contributed by atoms with Gasteiger partial charge in [-0.15, -0.1) is 0 Å². The summed E-state index contributed by atoms with van der Waals surface area (Å²) < 4.78 is 16.9. The van der Waals surface area contributed by atoms with Crippen molar-refractivity contribution in [3.63, 3.8) is 0 Å². The standard InChI is InChI=1S/C69H120O6/c1-4-7-10-13-16-19-22-25-26-27-28-29-30-31-32-33-34-35-36-37-38-39-40-41-42-43-44-45-48-50-53-56-59-62-68(71)74-65-66(75-69(72)63-60-57-54-51-47-24-21-18-15-12-9-6-3)64-73-67(70)61-58-55-52-49-46-23-20-17-14-11-8-5-2/h7,10,16-21,25-26,28-29,31-32,66H,4-6,8-9,11-15,22-24,27,30,33-65H2,1-3H3/b10-7-,19-16-,20-17-,21-18-,26-25-,29-28-,32-31-. The zero-order chi connectivity index (χ0) is 54.3. The molecule has 0 heterocycles. The molecule has 0 spiro atoms. The zero-order valence-corrected chi connectivity index (χ0v) is 49.6. The number of esters is 3. The van der Waals surface area contributed by atoms with Crippen LogP contribution in [0.2, 0.25) is 0 Å². The average molecular weight is 1050 g/mol. The van der Waals surface area contributed by atoms with Crippen molar-refractivity contribution in [2.24, 2.45) is 0 Å². The van der Waals surface area contributed by atoms with Gasteiger partial charge >= 0.3 is 17.9 Å². The quantitative estimate of drug-likeness (QED) is 0.0261. The first-order valence-corrected chi connectivity index (χ1v) is 32.1. The summed E-state index contributed by atoms with van der Waals surface area (Å²) in [6.45, 7) is 6.49. The SMILES string of the molecule is CC/C=C\C/C=C\C/C=C\C/C=C\C/C=C\CCCCCCCCCCCCCCCCCCCC(=O)OCC(COC(=O)CCCCCCC/C=C\CCCCC)OC(=O)CCCCCCC/C=C\CCCCC. The van der Waals surface area contributed by atoms with E-state index >= 15 is 0 Å². The van der Waals surface area contributed by atoms with E-state index in [0.29, 0.717) is 19.3 Å². The molecule has 0 aromatic rings. The third-order valence-electron chi connectivity index (χ3n) is 13.9. The van der Waals surface area contributed by atoms with Crippen LogP contribution in [0, 0.1) is 0 Å². The van der Waals surface area contributed by atoms with Crippen LogP contribution in [0.4, 0.5) is 0 Å². The molecule has 0 aliphatic rings. The molecule has 1 atom stereocenters. The van der Waals surface area contributed by atoms with Crippen LogP contribution in [0.15, 0.2) is 85.1 Å². The Bertz CT molecular complexity index is 1430. The largest absolute Gasteiger partial charge is 0.462 e. The topological polar surface area (TPSA) is 78.9 Å². The Kier molecular flexibility index (Phi) is 60.3. The van der Waals surface area contributed by atoms with Crippen LogP contribution in [0.3, 0.4) is 0 Å². The molecular weight excluding hydrogens is 925 g/mol. The van der Waals surface area contributed by atoms with Crippen molar-refractivity contribution in [1.29, 1.82) is 0 Å². The van der Waals surface area contributed by atoms with Crippen LogP contribution >= 0.6 is 0 Å². The van der Waals surface area contributed by atoms with Crippen molar-refractivity contribution in [2.75, 3.05) is 13.2 Å². The van der Waals surface area contributed by atoms with Gasteiger partial charge in [0.25, 0.3) is 0 Å². The van der Waals surface area contributed by atoms with Crippen molar-refractivity contribution in [1.82, 2.24) is 0 Å². The lowest BCUT2D eigenvalue weighted by atomic mass is 10.0. The van der Waals surface area contributed by atoms with Gasteiger partial charge in [-0.25, -0.2) is 0 Å². The number of hydrogen-bond donors (Lipinski definition) is 0. The van der Waals surface area contributed by atoms with Crippen molar-refractivity contribution >= 4 is 17.9 Å². The molecule has 0 saturated heterocycles. The minimum Gasteiger partial charge on any atom is -0.462 e. The normalized spacial score (nSPS) is 12.6. The Hall–Kier alpha value is -3.41. The van der Waals surface area contributed by atoms with Crippen LogP contribution in [-0.2, 0) is 28.6 Å². The van der Waals surface area contributed by atoms with Crippen LogP contribution in [0.1, 0.15) is 316 Å². The van der Waals surface area contributed by atoms with Gasteiger partial charge in [-0.2, -0.15) is 0 Å². The fourth-order valence-electron chi connectivity index (χ4n) is 9.05. The molecule has 0 aliphatic carbocycles. The van der Waals surface area contributed by atoms with Crippen LogP contribution in [-0.4, -0.2) is 37.2 Å². The molecule has 0 rings (SSSR count). The third kappa shape index (κ3) is 61.3. The average Bonchev–Trinajstić information content (AvgIpc) is 3.41. The third-order valence-corrected chi connectivity index (χ3v) is 13.9. The smallest absolute Gasteiger partial charge is 0.306 e. The van der Waals surface area contributed by atoms with Crippen LogP contribution in [0.5, 0.6) is 0 Å². The number of carbonyl (C=O) groups is 3. The molecule has 0 N–H and O–H groups in total. The zero-order valence-electron chi connectivity index (χ0n) is 49.6. The van der Waals surface area contributed by atoms with E-state index in [2.05, 4.69) is 106 Å². The van der Waals surface area contributed by atoms with Gasteiger partial charge in [-0.05, 0) is 116 Å². The predicted molar refractivity (Wildman–Crippen MR) is 325 cm³/mol. The molecule has 432 valence electrons. The van der Waals surface area contributed by atoms with E-state index in [1.807, 2.05) is 0 Å². The lowest BCUT2D eigenvalue weighted by Crippen LogP contribution is -2.30. The van der Waals surface area contributed by atoms with Gasteiger partial charge < -0.3 is 14.2 Å². The molecule has 1 unspecified atom stereocenters. The summed E-state index contributed by atoms with van der Waals surface area (Å²) in [5, 5.41) is 0. The first kappa shape index (κ1) is 71.6. The molecule has 0 bridgehead atoms. The van der Waals surface area contributed by atoms with Crippen molar-refractivity contribution < 1.29 is 28.6 Å². The minimum absolute atomic E-state index is 0.0790. The van der Waals surface area contributed by atoms with Crippen LogP contribution < -0.4 is 0 Å². The predicted octanol–water partition coefficient (Wildman–Crippen LogP) is 21.9. The molecule has 6 nitrogen and oxygen atoms in total. The first-order valence-electron chi connectivity index (χ1n) is 32.1. The fraction of sp³-hybridized carbons (Fsp3) is 0.754. The van der Waals surface area contributed by atoms with Gasteiger partial charge in [-0.1, -0.05) is 266 Å². The van der Waals surface area contributed by atoms with Crippen molar-refractivity contribution in [3.05, 3.63) is 85.1 Å². The fourth-order valence-corrected chi connectivity index (χ4v) is 9.05. The number of hydrogen-bond acceptors (Lipinski definition) is 6. The monoisotopic (exact) mass is 1040 g/mol. The Balaban J connectivity index is 4.09. The summed E-state index contributed by atoms with van der Waals surface area (Å²) in [7, 11) is 0. The second-order valence-corrected chi connectivity index (χ2v) is 21.3. The number of rotatable bonds is 58. The van der Waals surface area contributed by atoms with E-state index in [4.69, 9.17) is 14.2 Å². The molecule has 0 aromatic carbocycles. The molecule has 0 fully saturated rings. The summed E-state index contributed by atoms with van der Waals surface area (Å²) in [5.74, 6) is -0.887. The molecule has 0 radical (unpaired) electrons. The number of unbranched alkanes of at least 4 members (excludes halogenated alkanes) is 33. The van der Waals surface area contributed by atoms with Crippen molar-refractivity contribution in [3.8, 4) is 0 Å². The Morgan fingerprint density at radius 3 is 0.827 bits per heavy atom. The van der Waals surface area contributed by atoms with E-state index in [0.717, 1.165) is 109 Å². The lowest BCUT2D eigenvalue weighted by Gasteiger charge is -2.18. The number of carbonyl (C=O) groups excluding carboxylic acids is 3. The van der Waals surface area contributed by atoms with Gasteiger partial charge in [0.15, 0.2) is 6.10 Å². The van der Waals surface area contributed by atoms with Gasteiger partial charge in [-0.3, -0.25) is 14.4 Å². The van der Waals surface area contributed by atoms with E-state index in [1.54, 1.807) is 0 Å². The van der Waals surface area contributed by atoms with Gasteiger partial charge in [0.1, 0.15) is 13.2 Å². The van der Waals surface area contributed by atoms with Crippen molar-refractivity contribution in [2.45, 2.75) is 322 Å². The number of allylic oxidation sites excluding steroid dienone is 14. The van der Waals surface area contributed by atoms with Gasteiger partial charge in [0, 0.05) is 19.3 Å². The minimum atomic E-state index is -0.781. The number of ether oxygens (including phenoxy) is 3. The molecular formula is C69H120O6. The molecule has 0 saturated carbocycles. The highest BCUT2D eigenvalue weighted by Crippen LogP contribution is 2.17. The van der Waals surface area contributed by atoms with E-state index < -0.39 is 6.10 Å². The molecule has 6 heteroatoms. The summed E-state index contributed by atoms with van der Waals surface area (Å²) >= 11 is 0. The highest BCUT2D eigenvalue weighted by molar-refractivity contribution is 5.71. The summed E-state index contributed by atoms with van der Waals surface area (Å²) in [4.78, 5) is 38.1. The Morgan fingerprint density at radius 2 is 0.520 bits per heavy atom. The van der Waals surface area contributed by atoms with Gasteiger partial charge in [0.05, 0.1) is 0 Å². The van der Waals surface area contributed by atoms with E-state index in [-0.39, 0.29) is 31.1 Å². The molecule has 0 aliphatic heterocycles.